The van der Waals surface area contributed by atoms with Crippen molar-refractivity contribution in [3.05, 3.63) is 249 Å². The van der Waals surface area contributed by atoms with Gasteiger partial charge in [-0.15, -0.1) is 0 Å². The molecule has 0 saturated heterocycles. The van der Waals surface area contributed by atoms with Crippen LogP contribution >= 0.6 is 0 Å². The van der Waals surface area contributed by atoms with Crippen molar-refractivity contribution in [3.8, 4) is 55.6 Å². The molecule has 0 aliphatic heterocycles. The normalized spacial score (nSPS) is 11.4. The van der Waals surface area contributed by atoms with Crippen LogP contribution in [0.2, 0.25) is 0 Å². The van der Waals surface area contributed by atoms with Crippen LogP contribution in [0.1, 0.15) is 0 Å². The zero-order chi connectivity index (χ0) is 42.4. The topological polar surface area (TPSA) is 16.4 Å². The Morgan fingerprint density at radius 3 is 1.38 bits per heavy atom. The average molecular weight is 816 g/mol. The van der Waals surface area contributed by atoms with Crippen molar-refractivity contribution in [3.63, 3.8) is 0 Å². The first-order valence-corrected chi connectivity index (χ1v) is 21.9. The first-order valence-electron chi connectivity index (χ1n) is 21.9. The van der Waals surface area contributed by atoms with Crippen molar-refractivity contribution in [2.24, 2.45) is 0 Å². The van der Waals surface area contributed by atoms with E-state index >= 15 is 0 Å². The summed E-state index contributed by atoms with van der Waals surface area (Å²) >= 11 is 0. The van der Waals surface area contributed by atoms with Crippen LogP contribution in [0.5, 0.6) is 0 Å². The van der Waals surface area contributed by atoms with Gasteiger partial charge in [0.15, 0.2) is 0 Å². The second kappa shape index (κ2) is 15.8. The van der Waals surface area contributed by atoms with Crippen LogP contribution < -0.4 is 4.90 Å². The third-order valence-corrected chi connectivity index (χ3v) is 12.7. The van der Waals surface area contributed by atoms with Crippen molar-refractivity contribution in [1.29, 1.82) is 0 Å². The molecule has 0 radical (unpaired) electrons. The van der Waals surface area contributed by atoms with Gasteiger partial charge in [-0.3, -0.25) is 0 Å². The minimum atomic E-state index is 0.904. The largest absolute Gasteiger partial charge is 0.455 e. The minimum Gasteiger partial charge on any atom is -0.455 e. The Hall–Kier alpha value is -8.46. The van der Waals surface area contributed by atoms with Crippen LogP contribution in [0.25, 0.3) is 99.1 Å². The summed E-state index contributed by atoms with van der Waals surface area (Å²) in [6, 6.07) is 89.6. The van der Waals surface area contributed by atoms with Gasteiger partial charge in [-0.25, -0.2) is 0 Å². The summed E-state index contributed by atoms with van der Waals surface area (Å²) in [6.07, 6.45) is 0. The van der Waals surface area contributed by atoms with E-state index in [0.717, 1.165) is 50.1 Å². The van der Waals surface area contributed by atoms with E-state index in [0.29, 0.717) is 0 Å². The summed E-state index contributed by atoms with van der Waals surface area (Å²) in [5, 5.41) is 7.26. The van der Waals surface area contributed by atoms with E-state index in [1.54, 1.807) is 0 Å². The van der Waals surface area contributed by atoms with Gasteiger partial charge in [0.05, 0.1) is 0 Å². The Kier molecular flexibility index (Phi) is 9.20. The third kappa shape index (κ3) is 6.70. The zero-order valence-corrected chi connectivity index (χ0v) is 35.0. The molecule has 0 N–H and O–H groups in total. The lowest BCUT2D eigenvalue weighted by Gasteiger charge is -2.26. The number of furan rings is 1. The average Bonchev–Trinajstić information content (AvgIpc) is 3.76. The summed E-state index contributed by atoms with van der Waals surface area (Å²) in [5.41, 5.74) is 16.9. The second-order valence-corrected chi connectivity index (χ2v) is 16.5. The maximum atomic E-state index is 6.43. The van der Waals surface area contributed by atoms with Gasteiger partial charge in [-0.05, 0) is 120 Å². The van der Waals surface area contributed by atoms with E-state index < -0.39 is 0 Å². The van der Waals surface area contributed by atoms with Crippen LogP contribution in [-0.2, 0) is 0 Å². The number of nitrogens with zero attached hydrogens (tertiary/aromatic N) is 1. The van der Waals surface area contributed by atoms with Crippen molar-refractivity contribution in [1.82, 2.24) is 0 Å². The number of rotatable bonds is 8. The number of para-hydroxylation sites is 2. The van der Waals surface area contributed by atoms with E-state index in [9.17, 15) is 0 Å². The summed E-state index contributed by atoms with van der Waals surface area (Å²) < 4.78 is 6.43. The van der Waals surface area contributed by atoms with Gasteiger partial charge >= 0.3 is 0 Å². The first kappa shape index (κ1) is 37.3. The zero-order valence-electron chi connectivity index (χ0n) is 35.0. The van der Waals surface area contributed by atoms with Gasteiger partial charge in [0.25, 0.3) is 0 Å². The molecule has 1 heterocycles. The lowest BCUT2D eigenvalue weighted by Crippen LogP contribution is -2.09. The molecular formula is C62H41NO. The Bertz CT molecular complexity index is 3630. The van der Waals surface area contributed by atoms with E-state index in [1.807, 2.05) is 12.1 Å². The van der Waals surface area contributed by atoms with Crippen molar-refractivity contribution in [2.45, 2.75) is 0 Å². The summed E-state index contributed by atoms with van der Waals surface area (Å²) in [6.45, 7) is 0. The van der Waals surface area contributed by atoms with Crippen LogP contribution in [0.4, 0.5) is 17.1 Å². The molecule has 0 saturated carbocycles. The van der Waals surface area contributed by atoms with Crippen molar-refractivity contribution >= 4 is 60.5 Å². The molecule has 0 atom stereocenters. The van der Waals surface area contributed by atoms with Crippen molar-refractivity contribution < 1.29 is 4.42 Å². The van der Waals surface area contributed by atoms with Crippen LogP contribution in [-0.4, -0.2) is 0 Å². The molecule has 0 aliphatic carbocycles. The standard InChI is InChI=1S/C62H41NO/c1-2-13-49-41-50(28-25-42(49)11-1)57-17-6-5-16-55(57)46-26-23-43(24-27-46)44-29-35-51(36-30-44)63(52-37-31-47(32-38-52)56-19-9-14-45-12-3-4-15-54(45)56)53-39-33-48(34-40-53)58-20-10-21-60-59-18-7-8-22-61(59)64-62(58)60/h1-41H. The van der Waals surface area contributed by atoms with Gasteiger partial charge in [-0.1, -0.05) is 200 Å². The highest BCUT2D eigenvalue weighted by atomic mass is 16.3. The van der Waals surface area contributed by atoms with Gasteiger partial charge in [-0.2, -0.15) is 0 Å². The maximum absolute atomic E-state index is 6.43. The lowest BCUT2D eigenvalue weighted by molar-refractivity contribution is 0.670. The fourth-order valence-corrected chi connectivity index (χ4v) is 9.47. The molecule has 1 aromatic heterocycles. The number of benzene rings is 11. The smallest absolute Gasteiger partial charge is 0.143 e. The molecule has 11 aromatic carbocycles. The van der Waals surface area contributed by atoms with E-state index in [2.05, 4.69) is 241 Å². The Morgan fingerprint density at radius 1 is 0.250 bits per heavy atom. The summed E-state index contributed by atoms with van der Waals surface area (Å²) in [5.74, 6) is 0. The summed E-state index contributed by atoms with van der Waals surface area (Å²) in [4.78, 5) is 2.34. The SMILES string of the molecule is c1ccc(-c2ccc3ccccc3c2)c(-c2ccc(-c3ccc(N(c4ccc(-c5cccc6ccccc56)cc4)c4ccc(-c5cccc6c5oc5ccccc56)cc4)cc3)cc2)c1. The molecule has 12 aromatic rings. The number of fused-ring (bicyclic) bond motifs is 5. The molecule has 0 spiro atoms. The Labute approximate surface area is 372 Å². The quantitative estimate of drug-likeness (QED) is 0.152. The van der Waals surface area contributed by atoms with Gasteiger partial charge in [0, 0.05) is 33.4 Å². The number of hydrogen-bond donors (Lipinski definition) is 0. The first-order chi connectivity index (χ1) is 31.7. The monoisotopic (exact) mass is 815 g/mol. The molecule has 12 rings (SSSR count). The Balaban J connectivity index is 0.885. The summed E-state index contributed by atoms with van der Waals surface area (Å²) in [7, 11) is 0. The van der Waals surface area contributed by atoms with Crippen LogP contribution in [0, 0.1) is 0 Å². The molecule has 0 amide bonds. The number of anilines is 3. The van der Waals surface area contributed by atoms with E-state index in [1.165, 1.54) is 66.1 Å². The van der Waals surface area contributed by atoms with Crippen LogP contribution in [0.15, 0.2) is 253 Å². The highest BCUT2D eigenvalue weighted by Crippen LogP contribution is 2.41. The minimum absolute atomic E-state index is 0.904. The highest BCUT2D eigenvalue weighted by molar-refractivity contribution is 6.09. The molecular weight excluding hydrogens is 775 g/mol. The molecule has 0 bridgehead atoms. The molecule has 64 heavy (non-hydrogen) atoms. The molecule has 2 heteroatoms. The molecule has 300 valence electrons. The fraction of sp³-hybridized carbons (Fsp3) is 0. The van der Waals surface area contributed by atoms with E-state index in [4.69, 9.17) is 4.42 Å². The second-order valence-electron chi connectivity index (χ2n) is 16.5. The highest BCUT2D eigenvalue weighted by Gasteiger charge is 2.17. The van der Waals surface area contributed by atoms with Crippen molar-refractivity contribution in [2.75, 3.05) is 4.90 Å². The Morgan fingerprint density at radius 2 is 0.672 bits per heavy atom. The van der Waals surface area contributed by atoms with Gasteiger partial charge < -0.3 is 9.32 Å². The molecule has 0 aliphatic rings. The molecule has 0 fully saturated rings. The number of hydrogen-bond acceptors (Lipinski definition) is 2. The molecule has 0 unspecified atom stereocenters. The van der Waals surface area contributed by atoms with E-state index in [-0.39, 0.29) is 0 Å². The predicted octanol–water partition coefficient (Wildman–Crippen LogP) is 17.7. The maximum Gasteiger partial charge on any atom is 0.143 e. The predicted molar refractivity (Wildman–Crippen MR) is 271 cm³/mol. The van der Waals surface area contributed by atoms with Gasteiger partial charge in [0.1, 0.15) is 11.2 Å². The van der Waals surface area contributed by atoms with Crippen LogP contribution in [0.3, 0.4) is 0 Å². The third-order valence-electron chi connectivity index (χ3n) is 12.7. The molecule has 2 nitrogen and oxygen atoms in total. The lowest BCUT2D eigenvalue weighted by atomic mass is 9.92. The van der Waals surface area contributed by atoms with Gasteiger partial charge in [0.2, 0.25) is 0 Å². The fourth-order valence-electron chi connectivity index (χ4n) is 9.47.